The fourth-order valence-corrected chi connectivity index (χ4v) is 4.15. The molecule has 0 spiro atoms. The molecule has 3 heterocycles. The molecular weight excluding hydrogens is 324 g/mol. The Morgan fingerprint density at radius 3 is 2.76 bits per heavy atom. The van der Waals surface area contributed by atoms with Crippen LogP contribution >= 0.6 is 34.3 Å². The summed E-state index contributed by atoms with van der Waals surface area (Å²) < 4.78 is 1.85. The van der Waals surface area contributed by atoms with Crippen LogP contribution in [0.2, 0.25) is 5.02 Å². The van der Waals surface area contributed by atoms with Gasteiger partial charge < -0.3 is 0 Å². The normalized spacial score (nSPS) is 11.3. The third-order valence-corrected chi connectivity index (χ3v) is 5.50. The number of aryl methyl sites for hydroxylation is 1. The molecule has 0 atom stereocenters. The third kappa shape index (κ3) is 2.16. The van der Waals surface area contributed by atoms with Gasteiger partial charge in [0.2, 0.25) is 4.96 Å². The summed E-state index contributed by atoms with van der Waals surface area (Å²) in [6, 6.07) is 7.74. The van der Waals surface area contributed by atoms with Gasteiger partial charge in [0.25, 0.3) is 0 Å². The monoisotopic (exact) mass is 332 g/mol. The fraction of sp³-hybridized carbons (Fsp3) is 0.0714. The molecule has 4 rings (SSSR count). The number of hydrogen-bond acceptors (Lipinski definition) is 5. The molecule has 21 heavy (non-hydrogen) atoms. The summed E-state index contributed by atoms with van der Waals surface area (Å²) in [5.41, 5.74) is 3.12. The van der Waals surface area contributed by atoms with Crippen LogP contribution < -0.4 is 0 Å². The largest absolute Gasteiger partial charge is 0.235 e. The maximum Gasteiger partial charge on any atom is 0.212 e. The molecule has 1 aromatic carbocycles. The molecule has 4 nitrogen and oxygen atoms in total. The first kappa shape index (κ1) is 12.9. The molecule has 3 aromatic heterocycles. The maximum atomic E-state index is 5.92. The zero-order valence-electron chi connectivity index (χ0n) is 10.9. The molecule has 0 saturated carbocycles. The van der Waals surface area contributed by atoms with Gasteiger partial charge in [-0.05, 0) is 19.1 Å². The van der Waals surface area contributed by atoms with E-state index in [2.05, 4.69) is 15.5 Å². The van der Waals surface area contributed by atoms with Crippen molar-refractivity contribution in [3.63, 3.8) is 0 Å². The SMILES string of the molecule is Cc1c(-c2csc(-c3ccc(Cl)cc3)n2)sc2ncnn12. The zero-order valence-corrected chi connectivity index (χ0v) is 13.3. The minimum atomic E-state index is 0.733. The van der Waals surface area contributed by atoms with Crippen LogP contribution in [0.4, 0.5) is 0 Å². The highest BCUT2D eigenvalue weighted by Gasteiger charge is 2.15. The Labute approximate surface area is 133 Å². The fourth-order valence-electron chi connectivity index (χ4n) is 2.13. The predicted molar refractivity (Wildman–Crippen MR) is 87.2 cm³/mol. The second-order valence-corrected chi connectivity index (χ2v) is 6.79. The number of benzene rings is 1. The van der Waals surface area contributed by atoms with Crippen molar-refractivity contribution in [1.29, 1.82) is 0 Å². The first-order valence-electron chi connectivity index (χ1n) is 6.23. The topological polar surface area (TPSA) is 43.1 Å². The van der Waals surface area contributed by atoms with Crippen molar-refractivity contribution in [2.45, 2.75) is 6.92 Å². The third-order valence-electron chi connectivity index (χ3n) is 3.18. The average molecular weight is 333 g/mol. The van der Waals surface area contributed by atoms with Gasteiger partial charge >= 0.3 is 0 Å². The minimum Gasteiger partial charge on any atom is -0.235 e. The van der Waals surface area contributed by atoms with E-state index in [1.165, 1.54) is 0 Å². The Kier molecular flexibility index (Phi) is 3.02. The van der Waals surface area contributed by atoms with Crippen molar-refractivity contribution in [1.82, 2.24) is 19.6 Å². The molecule has 0 amide bonds. The smallest absolute Gasteiger partial charge is 0.212 e. The van der Waals surface area contributed by atoms with E-state index < -0.39 is 0 Å². The number of nitrogens with zero attached hydrogens (tertiary/aromatic N) is 4. The lowest BCUT2D eigenvalue weighted by Crippen LogP contribution is -1.87. The Bertz CT molecular complexity index is 920. The lowest BCUT2D eigenvalue weighted by molar-refractivity contribution is 0.933. The van der Waals surface area contributed by atoms with Crippen molar-refractivity contribution in [2.24, 2.45) is 0 Å². The van der Waals surface area contributed by atoms with Crippen LogP contribution in [0.15, 0.2) is 36.0 Å². The number of hydrogen-bond donors (Lipinski definition) is 0. The highest BCUT2D eigenvalue weighted by molar-refractivity contribution is 7.21. The Balaban J connectivity index is 1.78. The summed E-state index contributed by atoms with van der Waals surface area (Å²) in [7, 11) is 0. The van der Waals surface area contributed by atoms with Crippen molar-refractivity contribution in [3.8, 4) is 21.1 Å². The van der Waals surface area contributed by atoms with Gasteiger partial charge in [0.05, 0.1) is 16.3 Å². The van der Waals surface area contributed by atoms with Crippen LogP contribution in [0, 0.1) is 6.92 Å². The van der Waals surface area contributed by atoms with Crippen molar-refractivity contribution >= 4 is 39.2 Å². The van der Waals surface area contributed by atoms with E-state index >= 15 is 0 Å². The molecular formula is C14H9ClN4S2. The van der Waals surface area contributed by atoms with Gasteiger partial charge in [0.15, 0.2) is 0 Å². The minimum absolute atomic E-state index is 0.733. The van der Waals surface area contributed by atoms with Gasteiger partial charge in [0.1, 0.15) is 11.3 Å². The van der Waals surface area contributed by atoms with Crippen LogP contribution in [-0.4, -0.2) is 19.6 Å². The van der Waals surface area contributed by atoms with E-state index in [0.717, 1.165) is 36.8 Å². The van der Waals surface area contributed by atoms with Gasteiger partial charge in [-0.3, -0.25) is 0 Å². The molecule has 7 heteroatoms. The number of halogens is 1. The molecule has 0 aliphatic rings. The first-order chi connectivity index (χ1) is 10.2. The molecule has 0 aliphatic carbocycles. The summed E-state index contributed by atoms with van der Waals surface area (Å²) in [6.07, 6.45) is 1.57. The number of thiazole rings is 2. The Hall–Kier alpha value is -1.76. The van der Waals surface area contributed by atoms with Gasteiger partial charge in [-0.1, -0.05) is 35.1 Å². The highest BCUT2D eigenvalue weighted by Crippen LogP contribution is 2.35. The summed E-state index contributed by atoms with van der Waals surface area (Å²) in [5, 5.41) is 8.01. The van der Waals surface area contributed by atoms with E-state index in [1.807, 2.05) is 35.7 Å². The summed E-state index contributed by atoms with van der Waals surface area (Å²) in [6.45, 7) is 2.04. The number of aromatic nitrogens is 4. The van der Waals surface area contributed by atoms with Crippen molar-refractivity contribution in [2.75, 3.05) is 0 Å². The number of rotatable bonds is 2. The molecule has 0 bridgehead atoms. The van der Waals surface area contributed by atoms with Crippen LogP contribution in [0.1, 0.15) is 5.69 Å². The Morgan fingerprint density at radius 1 is 1.19 bits per heavy atom. The summed E-state index contributed by atoms with van der Waals surface area (Å²) in [5.74, 6) is 0. The van der Waals surface area contributed by atoms with Crippen LogP contribution in [0.3, 0.4) is 0 Å². The zero-order chi connectivity index (χ0) is 14.4. The molecule has 0 unspecified atom stereocenters. The van der Waals surface area contributed by atoms with Crippen LogP contribution in [0.5, 0.6) is 0 Å². The molecule has 4 aromatic rings. The summed E-state index contributed by atoms with van der Waals surface area (Å²) >= 11 is 9.16. The highest BCUT2D eigenvalue weighted by atomic mass is 35.5. The van der Waals surface area contributed by atoms with Gasteiger partial charge in [-0.2, -0.15) is 5.10 Å². The first-order valence-corrected chi connectivity index (χ1v) is 8.31. The lowest BCUT2D eigenvalue weighted by Gasteiger charge is -1.96. The van der Waals surface area contributed by atoms with E-state index in [9.17, 15) is 0 Å². The van der Waals surface area contributed by atoms with Gasteiger partial charge in [-0.15, -0.1) is 11.3 Å². The molecule has 0 aliphatic heterocycles. The van der Waals surface area contributed by atoms with E-state index in [0.29, 0.717) is 0 Å². The molecule has 104 valence electrons. The maximum absolute atomic E-state index is 5.92. The molecule has 0 N–H and O–H groups in total. The van der Waals surface area contributed by atoms with E-state index in [1.54, 1.807) is 29.0 Å². The van der Waals surface area contributed by atoms with Crippen molar-refractivity contribution in [3.05, 3.63) is 46.7 Å². The molecule has 0 saturated heterocycles. The van der Waals surface area contributed by atoms with Crippen LogP contribution in [-0.2, 0) is 0 Å². The van der Waals surface area contributed by atoms with Gasteiger partial charge in [-0.25, -0.2) is 14.5 Å². The molecule has 0 fully saturated rings. The van der Waals surface area contributed by atoms with Crippen LogP contribution in [0.25, 0.3) is 26.1 Å². The quantitative estimate of drug-likeness (QED) is 0.541. The van der Waals surface area contributed by atoms with E-state index in [4.69, 9.17) is 16.6 Å². The summed E-state index contributed by atoms with van der Waals surface area (Å²) in [4.78, 5) is 11.0. The van der Waals surface area contributed by atoms with Gasteiger partial charge in [0, 0.05) is 16.0 Å². The second kappa shape index (κ2) is 4.91. The van der Waals surface area contributed by atoms with E-state index in [-0.39, 0.29) is 0 Å². The number of fused-ring (bicyclic) bond motifs is 1. The van der Waals surface area contributed by atoms with Crippen molar-refractivity contribution < 1.29 is 0 Å². The second-order valence-electron chi connectivity index (χ2n) is 4.52. The predicted octanol–water partition coefficient (Wildman–Crippen LogP) is 4.54. The Morgan fingerprint density at radius 2 is 2.00 bits per heavy atom. The standard InChI is InChI=1S/C14H9ClN4S2/c1-8-12(21-14-16-7-17-19(8)14)11-6-20-13(18-11)9-2-4-10(15)5-3-9/h2-7H,1H3. The lowest BCUT2D eigenvalue weighted by atomic mass is 10.2. The molecule has 0 radical (unpaired) electrons. The average Bonchev–Trinajstić information content (AvgIpc) is 3.17.